The lowest BCUT2D eigenvalue weighted by Gasteiger charge is -2.27. The summed E-state index contributed by atoms with van der Waals surface area (Å²) in [5, 5.41) is 3.29. The molecule has 1 amide bonds. The lowest BCUT2D eigenvalue weighted by molar-refractivity contribution is 0.253. The van der Waals surface area contributed by atoms with Crippen LogP contribution in [-0.2, 0) is 0 Å². The molecular formula is C15H27NOS. The molecule has 1 aliphatic rings. The van der Waals surface area contributed by atoms with Gasteiger partial charge in [-0.25, -0.2) is 0 Å². The van der Waals surface area contributed by atoms with Crippen molar-refractivity contribution in [1.82, 2.24) is 5.32 Å². The lowest BCUT2D eigenvalue weighted by Crippen LogP contribution is -2.38. The summed E-state index contributed by atoms with van der Waals surface area (Å²) in [5.74, 6) is 0.589. The van der Waals surface area contributed by atoms with Crippen LogP contribution >= 0.6 is 11.8 Å². The molecule has 0 bridgehead atoms. The Morgan fingerprint density at radius 2 is 2.11 bits per heavy atom. The van der Waals surface area contributed by atoms with Crippen LogP contribution in [0.25, 0.3) is 0 Å². The molecule has 1 rings (SSSR count). The lowest BCUT2D eigenvalue weighted by atomic mass is 9.89. The van der Waals surface area contributed by atoms with Crippen molar-refractivity contribution in [3.8, 4) is 0 Å². The van der Waals surface area contributed by atoms with E-state index in [1.54, 1.807) is 0 Å². The van der Waals surface area contributed by atoms with Crippen LogP contribution in [-0.4, -0.2) is 16.0 Å². The highest BCUT2D eigenvalue weighted by Crippen LogP contribution is 2.26. The zero-order valence-corrected chi connectivity index (χ0v) is 13.0. The van der Waals surface area contributed by atoms with Gasteiger partial charge in [0.2, 0.25) is 0 Å². The normalized spacial score (nSPS) is 27.1. The quantitative estimate of drug-likeness (QED) is 0.733. The number of nitrogens with one attached hydrogen (secondary N) is 1. The molecule has 0 saturated carbocycles. The van der Waals surface area contributed by atoms with Crippen LogP contribution in [0.1, 0.15) is 59.8 Å². The van der Waals surface area contributed by atoms with Gasteiger partial charge in [-0.3, -0.25) is 4.79 Å². The maximum absolute atomic E-state index is 12.0. The summed E-state index contributed by atoms with van der Waals surface area (Å²) in [6, 6.07) is 0.220. The average Bonchev–Trinajstić information content (AvgIpc) is 2.20. The molecule has 0 fully saturated rings. The van der Waals surface area contributed by atoms with E-state index in [1.807, 2.05) is 0 Å². The van der Waals surface area contributed by atoms with E-state index in [9.17, 15) is 4.79 Å². The number of carbonyl (C=O) groups excluding carboxylic acids is 1. The zero-order valence-electron chi connectivity index (χ0n) is 12.2. The summed E-state index contributed by atoms with van der Waals surface area (Å²) in [6.45, 7) is 8.43. The van der Waals surface area contributed by atoms with Crippen LogP contribution in [0.3, 0.4) is 0 Å². The van der Waals surface area contributed by atoms with Crippen molar-refractivity contribution in [1.29, 1.82) is 0 Å². The number of carbonyl (C=O) groups is 1. The van der Waals surface area contributed by atoms with Gasteiger partial charge in [0.1, 0.15) is 0 Å². The number of amides is 1. The molecule has 0 spiro atoms. The molecule has 1 aliphatic carbocycles. The highest BCUT2D eigenvalue weighted by Gasteiger charge is 2.23. The molecule has 0 aliphatic heterocycles. The monoisotopic (exact) mass is 269 g/mol. The van der Waals surface area contributed by atoms with Gasteiger partial charge in [0.15, 0.2) is 0 Å². The van der Waals surface area contributed by atoms with E-state index in [4.69, 9.17) is 0 Å². The zero-order chi connectivity index (χ0) is 13.6. The minimum absolute atomic E-state index is 0.0167. The predicted octanol–water partition coefficient (Wildman–Crippen LogP) is 4.75. The first kappa shape index (κ1) is 15.6. The second-order valence-electron chi connectivity index (χ2n) is 6.05. The maximum Gasteiger partial charge on any atom is 0.280 e. The number of hydrogen-bond acceptors (Lipinski definition) is 2. The van der Waals surface area contributed by atoms with Crippen LogP contribution < -0.4 is 5.32 Å². The second kappa shape index (κ2) is 7.22. The molecule has 0 heterocycles. The first-order valence-corrected chi connectivity index (χ1v) is 7.90. The Hall–Kier alpha value is -0.440. The molecule has 0 aromatic carbocycles. The Kier molecular flexibility index (Phi) is 6.27. The van der Waals surface area contributed by atoms with Crippen molar-refractivity contribution in [2.24, 2.45) is 5.92 Å². The first-order valence-electron chi connectivity index (χ1n) is 7.08. The maximum atomic E-state index is 12.0. The van der Waals surface area contributed by atoms with Crippen LogP contribution in [0.4, 0.5) is 4.79 Å². The summed E-state index contributed by atoms with van der Waals surface area (Å²) < 4.78 is -0.0167. The van der Waals surface area contributed by atoms with Gasteiger partial charge in [0, 0.05) is 4.75 Å². The molecule has 2 atom stereocenters. The predicted molar refractivity (Wildman–Crippen MR) is 81.1 cm³/mol. The van der Waals surface area contributed by atoms with Crippen molar-refractivity contribution >= 4 is 17.0 Å². The minimum atomic E-state index is -0.0167. The Labute approximate surface area is 116 Å². The third kappa shape index (κ3) is 5.94. The topological polar surface area (TPSA) is 29.1 Å². The van der Waals surface area contributed by atoms with Crippen LogP contribution in [0.2, 0.25) is 0 Å². The molecule has 3 heteroatoms. The van der Waals surface area contributed by atoms with E-state index in [0.29, 0.717) is 5.92 Å². The fourth-order valence-corrected chi connectivity index (χ4v) is 3.07. The Balaban J connectivity index is 2.59. The molecule has 104 valence electrons. The summed E-state index contributed by atoms with van der Waals surface area (Å²) in [4.78, 5) is 12.0. The molecule has 1 unspecified atom stereocenters. The van der Waals surface area contributed by atoms with Crippen LogP contribution in [0.5, 0.6) is 0 Å². The molecule has 1 N–H and O–H groups in total. The van der Waals surface area contributed by atoms with Gasteiger partial charge in [-0.15, -0.1) is 0 Å². The van der Waals surface area contributed by atoms with Crippen molar-refractivity contribution in [2.75, 3.05) is 0 Å². The summed E-state index contributed by atoms with van der Waals surface area (Å²) >= 11 is 1.39. The molecule has 2 nitrogen and oxygen atoms in total. The van der Waals surface area contributed by atoms with E-state index in [1.165, 1.54) is 31.0 Å². The van der Waals surface area contributed by atoms with Gasteiger partial charge in [0.05, 0.1) is 6.04 Å². The summed E-state index contributed by atoms with van der Waals surface area (Å²) in [5.41, 5.74) is 0. The van der Waals surface area contributed by atoms with Gasteiger partial charge in [-0.1, -0.05) is 64.5 Å². The Bertz CT molecular complexity index is 293. The van der Waals surface area contributed by atoms with Gasteiger partial charge < -0.3 is 5.32 Å². The van der Waals surface area contributed by atoms with E-state index < -0.39 is 0 Å². The highest BCUT2D eigenvalue weighted by molar-refractivity contribution is 8.14. The Morgan fingerprint density at radius 3 is 2.72 bits per heavy atom. The van der Waals surface area contributed by atoms with Crippen molar-refractivity contribution in [2.45, 2.75) is 70.6 Å². The van der Waals surface area contributed by atoms with E-state index in [-0.39, 0.29) is 16.0 Å². The van der Waals surface area contributed by atoms with E-state index in [0.717, 1.165) is 12.8 Å². The molecule has 0 aromatic rings. The SMILES string of the molecule is CC[C@@H]1CCCC/C=C/C1NC(=O)SC(C)(C)C. The molecule has 18 heavy (non-hydrogen) atoms. The standard InChI is InChI=1S/C15H27NOS/c1-5-12-10-8-6-7-9-11-13(12)16-14(17)18-15(2,3)4/h9,11-13H,5-8,10H2,1-4H3,(H,16,17)/b11-9+/t12-,13?/m1/s1. The van der Waals surface area contributed by atoms with Crippen molar-refractivity contribution < 1.29 is 4.79 Å². The number of allylic oxidation sites excluding steroid dienone is 1. The Morgan fingerprint density at radius 1 is 1.39 bits per heavy atom. The molecular weight excluding hydrogens is 242 g/mol. The van der Waals surface area contributed by atoms with Crippen LogP contribution in [0.15, 0.2) is 12.2 Å². The molecule has 0 saturated heterocycles. The van der Waals surface area contributed by atoms with E-state index in [2.05, 4.69) is 45.2 Å². The molecule has 0 radical (unpaired) electrons. The van der Waals surface area contributed by atoms with Gasteiger partial charge in [-0.2, -0.15) is 0 Å². The third-order valence-corrected chi connectivity index (χ3v) is 4.17. The van der Waals surface area contributed by atoms with Crippen molar-refractivity contribution in [3.63, 3.8) is 0 Å². The fourth-order valence-electron chi connectivity index (χ4n) is 2.32. The van der Waals surface area contributed by atoms with Gasteiger partial charge in [0.25, 0.3) is 5.24 Å². The van der Waals surface area contributed by atoms with Crippen molar-refractivity contribution in [3.05, 3.63) is 12.2 Å². The highest BCUT2D eigenvalue weighted by atomic mass is 32.2. The first-order chi connectivity index (χ1) is 8.42. The third-order valence-electron chi connectivity index (χ3n) is 3.25. The molecule has 0 aromatic heterocycles. The average molecular weight is 269 g/mol. The largest absolute Gasteiger partial charge is 0.340 e. The summed E-state index contributed by atoms with van der Waals surface area (Å²) in [6.07, 6.45) is 10.5. The number of thioether (sulfide) groups is 1. The van der Waals surface area contributed by atoms with Gasteiger partial charge >= 0.3 is 0 Å². The smallest absolute Gasteiger partial charge is 0.280 e. The number of rotatable bonds is 2. The van der Waals surface area contributed by atoms with Gasteiger partial charge in [-0.05, 0) is 25.2 Å². The second-order valence-corrected chi connectivity index (χ2v) is 7.85. The van der Waals surface area contributed by atoms with Crippen LogP contribution in [0, 0.1) is 5.92 Å². The fraction of sp³-hybridized carbons (Fsp3) is 0.800. The summed E-state index contributed by atoms with van der Waals surface area (Å²) in [7, 11) is 0. The minimum Gasteiger partial charge on any atom is -0.340 e. The number of hydrogen-bond donors (Lipinski definition) is 1. The van der Waals surface area contributed by atoms with E-state index >= 15 is 0 Å².